The summed E-state index contributed by atoms with van der Waals surface area (Å²) in [5, 5.41) is 8.83. The van der Waals surface area contributed by atoms with Gasteiger partial charge in [-0.1, -0.05) is 12.8 Å². The Kier molecular flexibility index (Phi) is 1.10. The maximum atomic E-state index is 8.83. The highest BCUT2D eigenvalue weighted by atomic mass is 16.3. The molecule has 0 amide bonds. The fraction of sp³-hybridized carbons (Fsp3) is 1.00. The second kappa shape index (κ2) is 1.72. The molecule has 2 aliphatic rings. The molecule has 9 heavy (non-hydrogen) atoms. The van der Waals surface area contributed by atoms with E-state index in [2.05, 4.69) is 0 Å². The molecule has 0 radical (unpaired) electrons. The Labute approximate surface area is 56.1 Å². The highest BCUT2D eigenvalue weighted by molar-refractivity contribution is 5.04. The van der Waals surface area contributed by atoms with E-state index in [0.717, 1.165) is 0 Å². The van der Waals surface area contributed by atoms with Gasteiger partial charge in [0, 0.05) is 6.61 Å². The van der Waals surface area contributed by atoms with Crippen LogP contribution >= 0.6 is 0 Å². The van der Waals surface area contributed by atoms with E-state index >= 15 is 0 Å². The van der Waals surface area contributed by atoms with Gasteiger partial charge in [0.05, 0.1) is 0 Å². The van der Waals surface area contributed by atoms with E-state index in [-0.39, 0.29) is 0 Å². The number of aliphatic hydroxyl groups is 1. The Balaban J connectivity index is 1.97. The van der Waals surface area contributed by atoms with Crippen LogP contribution in [0.1, 0.15) is 32.1 Å². The van der Waals surface area contributed by atoms with Gasteiger partial charge in [0.1, 0.15) is 0 Å². The SMILES string of the molecule is OCC1CC12CCCC2. The molecular formula is C8H14O. The third-order valence-corrected chi connectivity index (χ3v) is 3.18. The summed E-state index contributed by atoms with van der Waals surface area (Å²) in [6.45, 7) is 0.444. The fourth-order valence-corrected chi connectivity index (χ4v) is 2.38. The molecule has 1 N–H and O–H groups in total. The Morgan fingerprint density at radius 2 is 2.00 bits per heavy atom. The minimum absolute atomic E-state index is 0.444. The molecule has 1 nitrogen and oxygen atoms in total. The van der Waals surface area contributed by atoms with E-state index in [9.17, 15) is 0 Å². The zero-order valence-electron chi connectivity index (χ0n) is 5.77. The number of hydrogen-bond donors (Lipinski definition) is 1. The molecule has 0 bridgehead atoms. The van der Waals surface area contributed by atoms with Crippen LogP contribution in [0.15, 0.2) is 0 Å². The topological polar surface area (TPSA) is 20.2 Å². The van der Waals surface area contributed by atoms with E-state index in [1.54, 1.807) is 0 Å². The zero-order valence-corrected chi connectivity index (χ0v) is 5.77. The van der Waals surface area contributed by atoms with Crippen LogP contribution in [0, 0.1) is 11.3 Å². The second-order valence-corrected chi connectivity index (χ2v) is 3.65. The van der Waals surface area contributed by atoms with E-state index in [1.165, 1.54) is 32.1 Å². The van der Waals surface area contributed by atoms with Gasteiger partial charge in [-0.15, -0.1) is 0 Å². The van der Waals surface area contributed by atoms with Gasteiger partial charge >= 0.3 is 0 Å². The number of rotatable bonds is 1. The molecule has 0 heterocycles. The van der Waals surface area contributed by atoms with Gasteiger partial charge in [0.2, 0.25) is 0 Å². The Morgan fingerprint density at radius 3 is 2.44 bits per heavy atom. The van der Waals surface area contributed by atoms with E-state index in [1.807, 2.05) is 0 Å². The van der Waals surface area contributed by atoms with Crippen molar-refractivity contribution < 1.29 is 5.11 Å². The molecule has 0 saturated heterocycles. The largest absolute Gasteiger partial charge is 0.396 e. The van der Waals surface area contributed by atoms with Gasteiger partial charge in [0.15, 0.2) is 0 Å². The zero-order chi connectivity index (χ0) is 6.32. The minimum atomic E-state index is 0.444. The number of hydrogen-bond acceptors (Lipinski definition) is 1. The predicted octanol–water partition coefficient (Wildman–Crippen LogP) is 1.56. The fourth-order valence-electron chi connectivity index (χ4n) is 2.38. The molecule has 1 unspecified atom stereocenters. The summed E-state index contributed by atoms with van der Waals surface area (Å²) < 4.78 is 0. The minimum Gasteiger partial charge on any atom is -0.396 e. The molecule has 2 fully saturated rings. The average Bonchev–Trinajstić information content (AvgIpc) is 2.30. The van der Waals surface area contributed by atoms with Crippen molar-refractivity contribution >= 4 is 0 Å². The van der Waals surface area contributed by atoms with E-state index < -0.39 is 0 Å². The predicted molar refractivity (Wildman–Crippen MR) is 36.1 cm³/mol. The highest BCUT2D eigenvalue weighted by Gasteiger charge is 2.54. The van der Waals surface area contributed by atoms with Gasteiger partial charge in [-0.3, -0.25) is 0 Å². The summed E-state index contributed by atoms with van der Waals surface area (Å²) in [7, 11) is 0. The van der Waals surface area contributed by atoms with Gasteiger partial charge in [0.25, 0.3) is 0 Å². The second-order valence-electron chi connectivity index (χ2n) is 3.65. The van der Waals surface area contributed by atoms with Gasteiger partial charge in [-0.25, -0.2) is 0 Å². The molecule has 0 aromatic rings. The molecule has 1 atom stereocenters. The van der Waals surface area contributed by atoms with Crippen molar-refractivity contribution in [3.8, 4) is 0 Å². The third kappa shape index (κ3) is 0.710. The Bertz CT molecular complexity index is 114. The first kappa shape index (κ1) is 5.72. The monoisotopic (exact) mass is 126 g/mol. The highest BCUT2D eigenvalue weighted by Crippen LogP contribution is 2.62. The van der Waals surface area contributed by atoms with Crippen molar-refractivity contribution in [1.29, 1.82) is 0 Å². The van der Waals surface area contributed by atoms with Crippen LogP contribution in [0.5, 0.6) is 0 Å². The van der Waals surface area contributed by atoms with Gasteiger partial charge in [-0.05, 0) is 30.6 Å². The summed E-state index contributed by atoms with van der Waals surface area (Å²) in [4.78, 5) is 0. The van der Waals surface area contributed by atoms with Crippen LogP contribution in [0.2, 0.25) is 0 Å². The molecular weight excluding hydrogens is 112 g/mol. The lowest BCUT2D eigenvalue weighted by molar-refractivity contribution is 0.249. The van der Waals surface area contributed by atoms with Crippen LogP contribution in [-0.2, 0) is 0 Å². The van der Waals surface area contributed by atoms with Crippen LogP contribution < -0.4 is 0 Å². The number of aliphatic hydroxyl groups excluding tert-OH is 1. The summed E-state index contributed by atoms with van der Waals surface area (Å²) in [5.74, 6) is 0.694. The Hall–Kier alpha value is -0.0400. The molecule has 0 aliphatic heterocycles. The van der Waals surface area contributed by atoms with Crippen molar-refractivity contribution in [2.75, 3.05) is 6.61 Å². The van der Waals surface area contributed by atoms with Gasteiger partial charge in [-0.2, -0.15) is 0 Å². The molecule has 0 aromatic heterocycles. The van der Waals surface area contributed by atoms with Gasteiger partial charge < -0.3 is 5.11 Å². The maximum absolute atomic E-state index is 8.83. The van der Waals surface area contributed by atoms with E-state index in [4.69, 9.17) is 5.11 Å². The first-order chi connectivity index (χ1) is 4.37. The van der Waals surface area contributed by atoms with Crippen molar-refractivity contribution in [3.63, 3.8) is 0 Å². The molecule has 2 rings (SSSR count). The molecule has 52 valence electrons. The van der Waals surface area contributed by atoms with Crippen molar-refractivity contribution in [2.45, 2.75) is 32.1 Å². The average molecular weight is 126 g/mol. The van der Waals surface area contributed by atoms with E-state index in [0.29, 0.717) is 17.9 Å². The summed E-state index contributed by atoms with van der Waals surface area (Å²) in [5.41, 5.74) is 0.661. The molecule has 0 aromatic carbocycles. The quantitative estimate of drug-likeness (QED) is 0.565. The lowest BCUT2D eigenvalue weighted by Gasteiger charge is -2.03. The van der Waals surface area contributed by atoms with Crippen LogP contribution in [0.4, 0.5) is 0 Å². The molecule has 2 aliphatic carbocycles. The third-order valence-electron chi connectivity index (χ3n) is 3.18. The summed E-state index contributed by atoms with van der Waals surface area (Å²) >= 11 is 0. The lowest BCUT2D eigenvalue weighted by Crippen LogP contribution is -1.99. The summed E-state index contributed by atoms with van der Waals surface area (Å²) in [6.07, 6.45) is 6.95. The van der Waals surface area contributed by atoms with Crippen molar-refractivity contribution in [2.24, 2.45) is 11.3 Å². The smallest absolute Gasteiger partial charge is 0.0464 e. The molecule has 2 saturated carbocycles. The first-order valence-electron chi connectivity index (χ1n) is 3.98. The van der Waals surface area contributed by atoms with Crippen LogP contribution in [-0.4, -0.2) is 11.7 Å². The lowest BCUT2D eigenvalue weighted by atomic mass is 10.0. The van der Waals surface area contributed by atoms with Crippen molar-refractivity contribution in [1.82, 2.24) is 0 Å². The first-order valence-corrected chi connectivity index (χ1v) is 3.98. The van der Waals surface area contributed by atoms with Crippen LogP contribution in [0.25, 0.3) is 0 Å². The summed E-state index contributed by atoms with van der Waals surface area (Å²) in [6, 6.07) is 0. The molecule has 1 heteroatoms. The standard InChI is InChI=1S/C8H14O/c9-6-7-5-8(7)3-1-2-4-8/h7,9H,1-6H2. The van der Waals surface area contributed by atoms with Crippen LogP contribution in [0.3, 0.4) is 0 Å². The Morgan fingerprint density at radius 1 is 1.33 bits per heavy atom. The van der Waals surface area contributed by atoms with Crippen molar-refractivity contribution in [3.05, 3.63) is 0 Å². The normalized spacial score (nSPS) is 37.7. The maximum Gasteiger partial charge on any atom is 0.0464 e. The molecule has 1 spiro atoms.